The molecule has 0 fully saturated rings. The standard InChI is InChI=1S/C14H15N3O2S2/c1-10-4-2-5-11(8-10)9-17-21(18,19)12-6-3-7-16-13(12)14(15)20/h2-8,17H,9H2,1H3,(H2,15,20). The minimum Gasteiger partial charge on any atom is -0.388 e. The van der Waals surface area contributed by atoms with E-state index < -0.39 is 10.0 Å². The molecule has 0 aliphatic rings. The van der Waals surface area contributed by atoms with Crippen molar-refractivity contribution in [3.05, 3.63) is 59.4 Å². The van der Waals surface area contributed by atoms with Crippen LogP contribution < -0.4 is 10.5 Å². The van der Waals surface area contributed by atoms with Crippen LogP contribution in [0.1, 0.15) is 16.8 Å². The van der Waals surface area contributed by atoms with Gasteiger partial charge in [0.1, 0.15) is 15.6 Å². The van der Waals surface area contributed by atoms with Crippen molar-refractivity contribution < 1.29 is 8.42 Å². The Morgan fingerprint density at radius 1 is 1.33 bits per heavy atom. The first-order valence-electron chi connectivity index (χ1n) is 6.20. The summed E-state index contributed by atoms with van der Waals surface area (Å²) in [6.45, 7) is 2.14. The van der Waals surface area contributed by atoms with Gasteiger partial charge in [-0.3, -0.25) is 4.98 Å². The Bertz CT molecular complexity index is 773. The number of aromatic nitrogens is 1. The summed E-state index contributed by atoms with van der Waals surface area (Å²) in [4.78, 5) is 3.87. The number of aryl methyl sites for hydroxylation is 1. The van der Waals surface area contributed by atoms with Crippen molar-refractivity contribution in [1.29, 1.82) is 0 Å². The van der Waals surface area contributed by atoms with Crippen LogP contribution in [0.3, 0.4) is 0 Å². The molecule has 7 heteroatoms. The molecule has 0 radical (unpaired) electrons. The average Bonchev–Trinajstić information content (AvgIpc) is 2.45. The van der Waals surface area contributed by atoms with Crippen LogP contribution in [0.4, 0.5) is 0 Å². The second-order valence-electron chi connectivity index (χ2n) is 4.53. The first-order chi connectivity index (χ1) is 9.90. The van der Waals surface area contributed by atoms with Gasteiger partial charge in [0.05, 0.1) is 0 Å². The molecular formula is C14H15N3O2S2. The van der Waals surface area contributed by atoms with Gasteiger partial charge in [-0.1, -0.05) is 42.0 Å². The van der Waals surface area contributed by atoms with Crippen molar-refractivity contribution in [3.63, 3.8) is 0 Å². The lowest BCUT2D eigenvalue weighted by atomic mass is 10.1. The number of thiocarbonyl (C=S) groups is 1. The van der Waals surface area contributed by atoms with Gasteiger partial charge in [-0.15, -0.1) is 0 Å². The van der Waals surface area contributed by atoms with Crippen LogP contribution in [-0.2, 0) is 16.6 Å². The predicted molar refractivity (Wildman–Crippen MR) is 85.3 cm³/mol. The van der Waals surface area contributed by atoms with E-state index in [4.69, 9.17) is 18.0 Å². The van der Waals surface area contributed by atoms with Crippen molar-refractivity contribution in [3.8, 4) is 0 Å². The number of nitrogens with two attached hydrogens (primary N) is 1. The molecule has 0 aliphatic heterocycles. The Morgan fingerprint density at radius 2 is 2.10 bits per heavy atom. The summed E-state index contributed by atoms with van der Waals surface area (Å²) in [7, 11) is -3.73. The molecule has 1 aromatic carbocycles. The third-order valence-electron chi connectivity index (χ3n) is 2.84. The SMILES string of the molecule is Cc1cccc(CNS(=O)(=O)c2cccnc2C(N)=S)c1. The Morgan fingerprint density at radius 3 is 2.76 bits per heavy atom. The average molecular weight is 321 g/mol. The van der Waals surface area contributed by atoms with Gasteiger partial charge in [-0.2, -0.15) is 0 Å². The van der Waals surface area contributed by atoms with Gasteiger partial charge < -0.3 is 5.73 Å². The largest absolute Gasteiger partial charge is 0.388 e. The Balaban J connectivity index is 2.25. The van der Waals surface area contributed by atoms with E-state index in [2.05, 4.69) is 9.71 Å². The first-order valence-corrected chi connectivity index (χ1v) is 8.09. The molecule has 1 heterocycles. The van der Waals surface area contributed by atoms with E-state index in [0.29, 0.717) is 0 Å². The summed E-state index contributed by atoms with van der Waals surface area (Å²) in [5.41, 5.74) is 7.56. The van der Waals surface area contributed by atoms with Crippen molar-refractivity contribution >= 4 is 27.2 Å². The van der Waals surface area contributed by atoms with E-state index in [0.717, 1.165) is 11.1 Å². The molecular weight excluding hydrogens is 306 g/mol. The molecule has 0 bridgehead atoms. The smallest absolute Gasteiger partial charge is 0.243 e. The third-order valence-corrected chi connectivity index (χ3v) is 4.47. The summed E-state index contributed by atoms with van der Waals surface area (Å²) in [6.07, 6.45) is 1.45. The molecule has 0 amide bonds. The maximum Gasteiger partial charge on any atom is 0.243 e. The fourth-order valence-electron chi connectivity index (χ4n) is 1.87. The highest BCUT2D eigenvalue weighted by atomic mass is 32.2. The van der Waals surface area contributed by atoms with Crippen LogP contribution in [0.5, 0.6) is 0 Å². The van der Waals surface area contributed by atoms with Crippen LogP contribution in [0.15, 0.2) is 47.5 Å². The molecule has 5 nitrogen and oxygen atoms in total. The Labute approximate surface area is 129 Å². The molecule has 2 rings (SSSR count). The maximum absolute atomic E-state index is 12.3. The Hall–Kier alpha value is -1.83. The fraction of sp³-hybridized carbons (Fsp3) is 0.143. The molecule has 3 N–H and O–H groups in total. The lowest BCUT2D eigenvalue weighted by Gasteiger charge is -2.10. The number of sulfonamides is 1. The summed E-state index contributed by atoms with van der Waals surface area (Å²) in [5.74, 6) is 0. The molecule has 0 unspecified atom stereocenters. The zero-order chi connectivity index (χ0) is 15.5. The number of nitrogens with one attached hydrogen (secondary N) is 1. The number of benzene rings is 1. The topological polar surface area (TPSA) is 85.1 Å². The fourth-order valence-corrected chi connectivity index (χ4v) is 3.29. The molecule has 0 atom stereocenters. The van der Waals surface area contributed by atoms with E-state index in [1.54, 1.807) is 0 Å². The highest BCUT2D eigenvalue weighted by Crippen LogP contribution is 2.13. The molecule has 0 spiro atoms. The van der Waals surface area contributed by atoms with Gasteiger partial charge in [0.2, 0.25) is 10.0 Å². The van der Waals surface area contributed by atoms with Crippen molar-refractivity contribution in [1.82, 2.24) is 9.71 Å². The van der Waals surface area contributed by atoms with Gasteiger partial charge in [0.15, 0.2) is 0 Å². The molecule has 110 valence electrons. The lowest BCUT2D eigenvalue weighted by Crippen LogP contribution is -2.27. The van der Waals surface area contributed by atoms with Crippen molar-refractivity contribution in [2.45, 2.75) is 18.4 Å². The number of hydrogen-bond donors (Lipinski definition) is 2. The van der Waals surface area contributed by atoms with Crippen LogP contribution >= 0.6 is 12.2 Å². The van der Waals surface area contributed by atoms with Crippen LogP contribution in [0.2, 0.25) is 0 Å². The molecule has 0 saturated carbocycles. The highest BCUT2D eigenvalue weighted by Gasteiger charge is 2.20. The summed E-state index contributed by atoms with van der Waals surface area (Å²) in [6, 6.07) is 10.6. The monoisotopic (exact) mass is 321 g/mol. The van der Waals surface area contributed by atoms with E-state index in [1.165, 1.54) is 18.3 Å². The van der Waals surface area contributed by atoms with Crippen LogP contribution in [0.25, 0.3) is 0 Å². The number of hydrogen-bond acceptors (Lipinski definition) is 4. The summed E-state index contributed by atoms with van der Waals surface area (Å²) >= 11 is 4.84. The quantitative estimate of drug-likeness (QED) is 0.815. The summed E-state index contributed by atoms with van der Waals surface area (Å²) < 4.78 is 27.2. The van der Waals surface area contributed by atoms with Crippen molar-refractivity contribution in [2.75, 3.05) is 0 Å². The van der Waals surface area contributed by atoms with E-state index in [1.807, 2.05) is 31.2 Å². The van der Waals surface area contributed by atoms with Gasteiger partial charge in [0.25, 0.3) is 0 Å². The van der Waals surface area contributed by atoms with E-state index in [9.17, 15) is 8.42 Å². The number of rotatable bonds is 5. The van der Waals surface area contributed by atoms with Gasteiger partial charge in [-0.05, 0) is 24.6 Å². The normalized spacial score (nSPS) is 11.3. The van der Waals surface area contributed by atoms with E-state index in [-0.39, 0.29) is 22.1 Å². The molecule has 2 aromatic rings. The Kier molecular flexibility index (Phi) is 4.66. The maximum atomic E-state index is 12.3. The zero-order valence-electron chi connectivity index (χ0n) is 11.4. The minimum absolute atomic E-state index is 0.00912. The molecule has 0 saturated heterocycles. The van der Waals surface area contributed by atoms with Gasteiger partial charge >= 0.3 is 0 Å². The second kappa shape index (κ2) is 6.30. The first kappa shape index (κ1) is 15.6. The molecule has 21 heavy (non-hydrogen) atoms. The highest BCUT2D eigenvalue weighted by molar-refractivity contribution is 7.89. The lowest BCUT2D eigenvalue weighted by molar-refractivity contribution is 0.580. The van der Waals surface area contributed by atoms with Gasteiger partial charge in [0, 0.05) is 12.7 Å². The summed E-state index contributed by atoms with van der Waals surface area (Å²) in [5, 5.41) is 0. The molecule has 0 aliphatic carbocycles. The minimum atomic E-state index is -3.73. The van der Waals surface area contributed by atoms with Crippen LogP contribution in [-0.4, -0.2) is 18.4 Å². The van der Waals surface area contributed by atoms with Crippen LogP contribution in [0, 0.1) is 6.92 Å². The number of nitrogens with zero attached hydrogens (tertiary/aromatic N) is 1. The van der Waals surface area contributed by atoms with Gasteiger partial charge in [-0.25, -0.2) is 13.1 Å². The van der Waals surface area contributed by atoms with Crippen molar-refractivity contribution in [2.24, 2.45) is 5.73 Å². The zero-order valence-corrected chi connectivity index (χ0v) is 13.0. The second-order valence-corrected chi connectivity index (χ2v) is 6.70. The van der Waals surface area contributed by atoms with E-state index >= 15 is 0 Å². The number of pyridine rings is 1. The predicted octanol–water partition coefficient (Wildman–Crippen LogP) is 1.50. The third kappa shape index (κ3) is 3.84. The molecule has 1 aromatic heterocycles.